The fourth-order valence-corrected chi connectivity index (χ4v) is 1.53. The Hall–Kier alpha value is -0.740. The fourth-order valence-electron chi connectivity index (χ4n) is 1.53. The Balaban J connectivity index is 2.28. The first kappa shape index (κ1) is 11.3. The molecule has 0 saturated carbocycles. The molecule has 0 unspecified atom stereocenters. The number of hydrogen-bond donors (Lipinski definition) is 0. The molecule has 0 aliphatic carbocycles. The molecule has 4 nitrogen and oxygen atoms in total. The van der Waals surface area contributed by atoms with E-state index in [4.69, 9.17) is 9.47 Å². The summed E-state index contributed by atoms with van der Waals surface area (Å²) in [5.74, 6) is 0. The summed E-state index contributed by atoms with van der Waals surface area (Å²) in [7, 11) is 3.46. The number of nitrogens with zero attached hydrogens (tertiary/aromatic N) is 2. The van der Waals surface area contributed by atoms with Gasteiger partial charge in [0, 0.05) is 39.7 Å². The highest BCUT2D eigenvalue weighted by Crippen LogP contribution is 2.14. The van der Waals surface area contributed by atoms with Crippen LogP contribution in [0.15, 0.2) is 12.4 Å². The van der Waals surface area contributed by atoms with Gasteiger partial charge in [0.25, 0.3) is 0 Å². The molecule has 0 radical (unpaired) electrons. The van der Waals surface area contributed by atoms with E-state index in [0.717, 1.165) is 26.3 Å². The molecule has 82 valence electrons. The highest BCUT2D eigenvalue weighted by Gasteiger charge is 2.20. The van der Waals surface area contributed by atoms with Crippen molar-refractivity contribution < 1.29 is 9.47 Å². The second kappa shape index (κ2) is 5.88. The number of ether oxygens (including phenoxy) is 2. The average Bonchev–Trinajstić information content (AvgIpc) is 2.54. The minimum Gasteiger partial charge on any atom is -0.383 e. The molecule has 0 amide bonds. The van der Waals surface area contributed by atoms with Crippen LogP contribution in [-0.2, 0) is 9.47 Å². The standard InChI is InChI=1S/C10H20N2O2/c1-10-11(6-8-13-2)4-5-12(10)7-9-14-3/h4-5,10H,6-9H2,1-3H3. The molecule has 0 spiro atoms. The SMILES string of the molecule is COCCN1C=CN(CCOC)C1C. The third-order valence-electron chi connectivity index (χ3n) is 2.52. The quantitative estimate of drug-likeness (QED) is 0.630. The van der Waals surface area contributed by atoms with Crippen LogP contribution in [0.4, 0.5) is 0 Å². The van der Waals surface area contributed by atoms with Crippen LogP contribution in [0, 0.1) is 0 Å². The van der Waals surface area contributed by atoms with Gasteiger partial charge in [-0.3, -0.25) is 0 Å². The van der Waals surface area contributed by atoms with Crippen LogP contribution in [0.1, 0.15) is 6.92 Å². The summed E-state index contributed by atoms with van der Waals surface area (Å²) in [6.45, 7) is 5.61. The summed E-state index contributed by atoms with van der Waals surface area (Å²) in [5.41, 5.74) is 0. The zero-order valence-electron chi connectivity index (χ0n) is 9.27. The van der Waals surface area contributed by atoms with Gasteiger partial charge in [-0.15, -0.1) is 0 Å². The van der Waals surface area contributed by atoms with Gasteiger partial charge >= 0.3 is 0 Å². The molecule has 0 aromatic heterocycles. The van der Waals surface area contributed by atoms with Crippen molar-refractivity contribution in [1.29, 1.82) is 0 Å². The number of rotatable bonds is 6. The molecule has 0 fully saturated rings. The van der Waals surface area contributed by atoms with Crippen molar-refractivity contribution in [3.8, 4) is 0 Å². The topological polar surface area (TPSA) is 24.9 Å². The molecular formula is C10H20N2O2. The van der Waals surface area contributed by atoms with Crippen LogP contribution in [-0.4, -0.2) is 56.5 Å². The lowest BCUT2D eigenvalue weighted by Gasteiger charge is -2.29. The molecule has 14 heavy (non-hydrogen) atoms. The van der Waals surface area contributed by atoms with Gasteiger partial charge in [-0.05, 0) is 6.92 Å². The van der Waals surface area contributed by atoms with E-state index in [0.29, 0.717) is 6.17 Å². The van der Waals surface area contributed by atoms with Gasteiger partial charge in [0.05, 0.1) is 19.4 Å². The van der Waals surface area contributed by atoms with Crippen LogP contribution in [0.25, 0.3) is 0 Å². The van der Waals surface area contributed by atoms with Crippen molar-refractivity contribution in [3.05, 3.63) is 12.4 Å². The molecule has 0 saturated heterocycles. The molecule has 1 heterocycles. The Morgan fingerprint density at radius 3 is 1.79 bits per heavy atom. The van der Waals surface area contributed by atoms with Crippen LogP contribution < -0.4 is 0 Å². The summed E-state index contributed by atoms with van der Waals surface area (Å²) in [6.07, 6.45) is 4.64. The van der Waals surface area contributed by atoms with Crippen LogP contribution in [0.2, 0.25) is 0 Å². The molecule has 0 bridgehead atoms. The van der Waals surface area contributed by atoms with Gasteiger partial charge in [0.1, 0.15) is 0 Å². The summed E-state index contributed by atoms with van der Waals surface area (Å²) in [6, 6.07) is 0. The number of methoxy groups -OCH3 is 2. The van der Waals surface area contributed by atoms with Crippen molar-refractivity contribution in [2.24, 2.45) is 0 Å². The zero-order chi connectivity index (χ0) is 10.4. The molecular weight excluding hydrogens is 180 g/mol. The molecule has 1 aliphatic heterocycles. The summed E-state index contributed by atoms with van der Waals surface area (Å²) >= 11 is 0. The van der Waals surface area contributed by atoms with Gasteiger partial charge < -0.3 is 19.3 Å². The largest absolute Gasteiger partial charge is 0.383 e. The average molecular weight is 200 g/mol. The third kappa shape index (κ3) is 2.89. The molecule has 0 aromatic carbocycles. The lowest BCUT2D eigenvalue weighted by Crippen LogP contribution is -2.38. The normalized spacial score (nSPS) is 17.1. The van der Waals surface area contributed by atoms with E-state index in [9.17, 15) is 0 Å². The summed E-state index contributed by atoms with van der Waals surface area (Å²) in [5, 5.41) is 0. The van der Waals surface area contributed by atoms with Crippen molar-refractivity contribution in [1.82, 2.24) is 9.80 Å². The second-order valence-electron chi connectivity index (χ2n) is 3.39. The Kier molecular flexibility index (Phi) is 4.76. The van der Waals surface area contributed by atoms with Gasteiger partial charge in [-0.25, -0.2) is 0 Å². The maximum Gasteiger partial charge on any atom is 0.0979 e. The minimum absolute atomic E-state index is 0.417. The first-order chi connectivity index (χ1) is 6.79. The van der Waals surface area contributed by atoms with E-state index >= 15 is 0 Å². The Bertz CT molecular complexity index is 167. The Morgan fingerprint density at radius 1 is 1.00 bits per heavy atom. The van der Waals surface area contributed by atoms with Crippen molar-refractivity contribution >= 4 is 0 Å². The van der Waals surface area contributed by atoms with E-state index in [1.165, 1.54) is 0 Å². The van der Waals surface area contributed by atoms with Crippen molar-refractivity contribution in [3.63, 3.8) is 0 Å². The van der Waals surface area contributed by atoms with Crippen LogP contribution >= 0.6 is 0 Å². The van der Waals surface area contributed by atoms with Gasteiger partial charge in [0.2, 0.25) is 0 Å². The zero-order valence-corrected chi connectivity index (χ0v) is 9.27. The first-order valence-electron chi connectivity index (χ1n) is 4.97. The minimum atomic E-state index is 0.417. The maximum atomic E-state index is 5.05. The van der Waals surface area contributed by atoms with Crippen LogP contribution in [0.5, 0.6) is 0 Å². The lowest BCUT2D eigenvalue weighted by molar-refractivity contribution is 0.0983. The molecule has 0 atom stereocenters. The fraction of sp³-hybridized carbons (Fsp3) is 0.800. The predicted octanol–water partition coefficient (Wildman–Crippen LogP) is 0.714. The first-order valence-corrected chi connectivity index (χ1v) is 4.97. The van der Waals surface area contributed by atoms with E-state index in [1.54, 1.807) is 14.2 Å². The Morgan fingerprint density at radius 2 is 1.43 bits per heavy atom. The van der Waals surface area contributed by atoms with E-state index in [1.807, 2.05) is 0 Å². The highest BCUT2D eigenvalue weighted by atomic mass is 16.5. The molecule has 0 aromatic rings. The number of hydrogen-bond acceptors (Lipinski definition) is 4. The predicted molar refractivity (Wildman–Crippen MR) is 55.8 cm³/mol. The lowest BCUT2D eigenvalue weighted by atomic mass is 10.4. The highest BCUT2D eigenvalue weighted by molar-refractivity contribution is 4.95. The summed E-state index contributed by atoms with van der Waals surface area (Å²) < 4.78 is 10.1. The monoisotopic (exact) mass is 200 g/mol. The maximum absolute atomic E-state index is 5.05. The van der Waals surface area contributed by atoms with E-state index < -0.39 is 0 Å². The third-order valence-corrected chi connectivity index (χ3v) is 2.52. The van der Waals surface area contributed by atoms with Crippen molar-refractivity contribution in [2.75, 3.05) is 40.5 Å². The van der Waals surface area contributed by atoms with Gasteiger partial charge in [-0.2, -0.15) is 0 Å². The van der Waals surface area contributed by atoms with Crippen LogP contribution in [0.3, 0.4) is 0 Å². The van der Waals surface area contributed by atoms with E-state index in [2.05, 4.69) is 29.1 Å². The molecule has 0 N–H and O–H groups in total. The summed E-state index contributed by atoms with van der Waals surface area (Å²) in [4.78, 5) is 4.53. The molecule has 1 aliphatic rings. The van der Waals surface area contributed by atoms with Gasteiger partial charge in [0.15, 0.2) is 0 Å². The van der Waals surface area contributed by atoms with E-state index in [-0.39, 0.29) is 0 Å². The van der Waals surface area contributed by atoms with Crippen molar-refractivity contribution in [2.45, 2.75) is 13.1 Å². The molecule has 1 rings (SSSR count). The van der Waals surface area contributed by atoms with Gasteiger partial charge in [-0.1, -0.05) is 0 Å². The second-order valence-corrected chi connectivity index (χ2v) is 3.39. The molecule has 4 heteroatoms. The smallest absolute Gasteiger partial charge is 0.0979 e. The Labute approximate surface area is 86.1 Å².